The van der Waals surface area contributed by atoms with Gasteiger partial charge in [-0.25, -0.2) is 13.1 Å². The number of halogens is 1. The maximum atomic E-state index is 10.7. The molecule has 72 valence electrons. The number of amides is 1. The number of aliphatic hydroxyl groups is 1. The van der Waals surface area contributed by atoms with Crippen LogP contribution in [0, 0.1) is 0 Å². The van der Waals surface area contributed by atoms with Crippen LogP contribution in [0.4, 0.5) is 0 Å². The van der Waals surface area contributed by atoms with Gasteiger partial charge >= 0.3 is 0 Å². The monoisotopic (exact) mass is 260 g/mol. The number of carbonyl (C=O) groups excluding carboxylic acids is 1. The minimum atomic E-state index is -3.45. The molecule has 0 fully saturated rings. The summed E-state index contributed by atoms with van der Waals surface area (Å²) >= 11 is 2.71. The Morgan fingerprint density at radius 1 is 1.67 bits per heavy atom. The molecule has 12 heavy (non-hydrogen) atoms. The van der Waals surface area contributed by atoms with E-state index in [0.29, 0.717) is 0 Å². The molecular weight excluding hydrogens is 252 g/mol. The zero-order valence-electron chi connectivity index (χ0n) is 6.03. The van der Waals surface area contributed by atoms with E-state index in [1.807, 2.05) is 4.72 Å². The van der Waals surface area contributed by atoms with Crippen molar-refractivity contribution in [1.29, 1.82) is 0 Å². The molecule has 0 radical (unpaired) electrons. The number of rotatable bonds is 5. The Labute approximate surface area is 78.3 Å². The van der Waals surface area contributed by atoms with Gasteiger partial charge in [0.1, 0.15) is 10.8 Å². The van der Waals surface area contributed by atoms with E-state index in [1.54, 1.807) is 0 Å². The number of carbonyl (C=O) groups is 1. The van der Waals surface area contributed by atoms with Crippen molar-refractivity contribution >= 4 is 31.9 Å². The number of aliphatic hydroxyl groups excluding tert-OH is 1. The van der Waals surface area contributed by atoms with E-state index in [0.717, 1.165) is 0 Å². The highest BCUT2D eigenvalue weighted by molar-refractivity contribution is 9.10. The van der Waals surface area contributed by atoms with Gasteiger partial charge in [-0.3, -0.25) is 4.79 Å². The number of hydrogen-bond donors (Lipinski definition) is 3. The average Bonchev–Trinajstić information content (AvgIpc) is 2.00. The Kier molecular flexibility index (Phi) is 4.68. The van der Waals surface area contributed by atoms with Crippen LogP contribution >= 0.6 is 15.9 Å². The van der Waals surface area contributed by atoms with Crippen molar-refractivity contribution in [1.82, 2.24) is 4.72 Å². The van der Waals surface area contributed by atoms with Gasteiger partial charge in [0.05, 0.1) is 0 Å². The van der Waals surface area contributed by atoms with Gasteiger partial charge in [0.15, 0.2) is 0 Å². The van der Waals surface area contributed by atoms with E-state index in [4.69, 9.17) is 5.11 Å². The Balaban J connectivity index is 3.92. The molecule has 1 amide bonds. The Bertz CT molecular complexity index is 252. The van der Waals surface area contributed by atoms with Crippen LogP contribution in [0.2, 0.25) is 0 Å². The van der Waals surface area contributed by atoms with Gasteiger partial charge in [0.25, 0.3) is 0 Å². The summed E-state index contributed by atoms with van der Waals surface area (Å²) in [5.74, 6) is -0.965. The lowest BCUT2D eigenvalue weighted by atomic mass is 10.3. The van der Waals surface area contributed by atoms with Crippen LogP contribution in [-0.4, -0.2) is 36.7 Å². The predicted octanol–water partition coefficient (Wildman–Crippen LogP) is -1.90. The molecule has 0 spiro atoms. The minimum Gasteiger partial charge on any atom is -0.382 e. The molecule has 0 aromatic heterocycles. The fraction of sp³-hybridized carbons (Fsp3) is 0.750. The maximum absolute atomic E-state index is 10.7. The first-order valence-corrected chi connectivity index (χ1v) is 5.67. The van der Waals surface area contributed by atoms with E-state index >= 15 is 0 Å². The van der Waals surface area contributed by atoms with E-state index in [9.17, 15) is 13.2 Å². The van der Waals surface area contributed by atoms with Crippen LogP contribution in [0.3, 0.4) is 0 Å². The highest BCUT2D eigenvalue weighted by Crippen LogP contribution is 1.90. The summed E-state index contributed by atoms with van der Waals surface area (Å²) in [7, 11) is -3.45. The Morgan fingerprint density at radius 3 is 2.50 bits per heavy atom. The van der Waals surface area contributed by atoms with Crippen LogP contribution < -0.4 is 10.5 Å². The first-order valence-electron chi connectivity index (χ1n) is 2.89. The van der Waals surface area contributed by atoms with Crippen molar-refractivity contribution in [2.75, 3.05) is 11.2 Å². The molecule has 0 heterocycles. The third-order valence-corrected chi connectivity index (χ3v) is 3.67. The highest BCUT2D eigenvalue weighted by atomic mass is 79.9. The first kappa shape index (κ1) is 11.8. The SMILES string of the molecule is NC(=O)C(O)CNS(=O)(=O)CBr. The summed E-state index contributed by atoms with van der Waals surface area (Å²) in [4.78, 5) is 10.2. The van der Waals surface area contributed by atoms with Gasteiger partial charge in [-0.1, -0.05) is 15.9 Å². The lowest BCUT2D eigenvalue weighted by molar-refractivity contribution is -0.125. The smallest absolute Gasteiger partial charge is 0.247 e. The molecule has 6 nitrogen and oxygen atoms in total. The number of primary amides is 1. The second-order valence-electron chi connectivity index (χ2n) is 1.99. The fourth-order valence-electron chi connectivity index (χ4n) is 0.345. The van der Waals surface area contributed by atoms with Crippen LogP contribution in [0.25, 0.3) is 0 Å². The molecule has 0 aliphatic carbocycles. The molecule has 4 N–H and O–H groups in total. The normalized spacial score (nSPS) is 14.2. The standard InChI is InChI=1S/C4H9BrN2O4S/c5-2-12(10,11)7-1-3(8)4(6)9/h3,7-8H,1-2H2,(H2,6,9). The van der Waals surface area contributed by atoms with Gasteiger partial charge in [0, 0.05) is 6.54 Å². The zero-order valence-corrected chi connectivity index (χ0v) is 8.43. The lowest BCUT2D eigenvalue weighted by Crippen LogP contribution is -2.40. The highest BCUT2D eigenvalue weighted by Gasteiger charge is 2.14. The van der Waals surface area contributed by atoms with Gasteiger partial charge in [-0.15, -0.1) is 0 Å². The molecule has 0 aromatic rings. The third kappa shape index (κ3) is 4.65. The number of sulfonamides is 1. The molecule has 0 aliphatic heterocycles. The summed E-state index contributed by atoms with van der Waals surface area (Å²) in [6, 6.07) is 0. The number of alkyl halides is 1. The van der Waals surface area contributed by atoms with Crippen molar-refractivity contribution in [3.8, 4) is 0 Å². The van der Waals surface area contributed by atoms with Gasteiger partial charge in [-0.05, 0) is 0 Å². The van der Waals surface area contributed by atoms with E-state index in [2.05, 4.69) is 21.7 Å². The quantitative estimate of drug-likeness (QED) is 0.502. The van der Waals surface area contributed by atoms with Gasteiger partial charge in [-0.2, -0.15) is 0 Å². The van der Waals surface area contributed by atoms with E-state index < -0.39 is 28.6 Å². The molecule has 0 saturated carbocycles. The molecule has 8 heteroatoms. The Hall–Kier alpha value is -0.180. The lowest BCUT2D eigenvalue weighted by Gasteiger charge is -2.06. The molecule has 0 saturated heterocycles. The van der Waals surface area contributed by atoms with Gasteiger partial charge in [0.2, 0.25) is 15.9 Å². The van der Waals surface area contributed by atoms with Crippen molar-refractivity contribution in [2.45, 2.75) is 6.10 Å². The third-order valence-electron chi connectivity index (χ3n) is 0.969. The molecule has 1 unspecified atom stereocenters. The number of nitrogens with two attached hydrogens (primary N) is 1. The molecule has 0 rings (SSSR count). The fourth-order valence-corrected chi connectivity index (χ4v) is 1.32. The van der Waals surface area contributed by atoms with Crippen molar-refractivity contribution in [3.05, 3.63) is 0 Å². The second kappa shape index (κ2) is 4.75. The van der Waals surface area contributed by atoms with E-state index in [1.165, 1.54) is 0 Å². The molecule has 1 atom stereocenters. The van der Waals surface area contributed by atoms with Crippen LogP contribution in [0.1, 0.15) is 0 Å². The maximum Gasteiger partial charge on any atom is 0.247 e. The summed E-state index contributed by atoms with van der Waals surface area (Å²) in [6.45, 7) is -0.400. The average molecular weight is 261 g/mol. The number of nitrogens with one attached hydrogen (secondary N) is 1. The van der Waals surface area contributed by atoms with Crippen molar-refractivity contribution in [3.63, 3.8) is 0 Å². The summed E-state index contributed by atoms with van der Waals surface area (Å²) < 4.78 is 23.1. The largest absolute Gasteiger partial charge is 0.382 e. The second-order valence-corrected chi connectivity index (χ2v) is 5.10. The summed E-state index contributed by atoms with van der Waals surface area (Å²) in [5.41, 5.74) is 4.67. The topological polar surface area (TPSA) is 109 Å². The zero-order chi connectivity index (χ0) is 9.78. The molecule has 0 aliphatic rings. The molecule has 0 bridgehead atoms. The number of hydrogen-bond acceptors (Lipinski definition) is 4. The Morgan fingerprint density at radius 2 is 2.17 bits per heavy atom. The van der Waals surface area contributed by atoms with Crippen LogP contribution in [0.5, 0.6) is 0 Å². The van der Waals surface area contributed by atoms with Crippen molar-refractivity contribution in [2.24, 2.45) is 5.73 Å². The minimum absolute atomic E-state index is 0.286. The van der Waals surface area contributed by atoms with Crippen LogP contribution in [-0.2, 0) is 14.8 Å². The first-order chi connectivity index (χ1) is 5.39. The predicted molar refractivity (Wildman–Crippen MR) is 45.9 cm³/mol. The van der Waals surface area contributed by atoms with Gasteiger partial charge < -0.3 is 10.8 Å². The van der Waals surface area contributed by atoms with E-state index in [-0.39, 0.29) is 4.66 Å². The molecule has 0 aromatic carbocycles. The molecular formula is C4H9BrN2O4S. The summed E-state index contributed by atoms with van der Waals surface area (Å²) in [6.07, 6.45) is -1.49. The van der Waals surface area contributed by atoms with Crippen LogP contribution in [0.15, 0.2) is 0 Å². The summed E-state index contributed by atoms with van der Waals surface area (Å²) in [5, 5.41) is 8.77. The van der Waals surface area contributed by atoms with Crippen molar-refractivity contribution < 1.29 is 18.3 Å².